The summed E-state index contributed by atoms with van der Waals surface area (Å²) in [5.74, 6) is 0. The molecular weight excluding hydrogens is 719 g/mol. The summed E-state index contributed by atoms with van der Waals surface area (Å²) >= 11 is 2.01. The maximum absolute atomic E-state index is 2.69. The van der Waals surface area contributed by atoms with Gasteiger partial charge in [-0.15, -0.1) is 11.3 Å². The second-order valence-corrected chi connectivity index (χ2v) is 23.2. The first kappa shape index (κ1) is 38.0. The van der Waals surface area contributed by atoms with Crippen LogP contribution in [0, 0.1) is 13.8 Å². The number of benzene rings is 5. The van der Waals surface area contributed by atoms with Gasteiger partial charge >= 0.3 is 0 Å². The van der Waals surface area contributed by atoms with E-state index in [1.807, 2.05) is 11.3 Å². The Morgan fingerprint density at radius 2 is 1.16 bits per heavy atom. The topological polar surface area (TPSA) is 6.48 Å². The first-order valence-electron chi connectivity index (χ1n) is 21.9. The lowest BCUT2D eigenvalue weighted by atomic mass is 9.35. The highest BCUT2D eigenvalue weighted by Gasteiger charge is 2.48. The zero-order valence-corrected chi connectivity index (χ0v) is 38.1. The van der Waals surface area contributed by atoms with E-state index >= 15 is 0 Å². The summed E-state index contributed by atoms with van der Waals surface area (Å²) in [7, 11) is 0. The number of anilines is 6. The van der Waals surface area contributed by atoms with Gasteiger partial charge in [-0.1, -0.05) is 119 Å². The van der Waals surface area contributed by atoms with E-state index in [1.54, 1.807) is 0 Å². The number of hydrogen-bond acceptors (Lipinski definition) is 3. The number of aryl methyl sites for hydroxylation is 2. The average Bonchev–Trinajstić information content (AvgIpc) is 3.54. The van der Waals surface area contributed by atoms with Gasteiger partial charge in [0.05, 0.1) is 5.69 Å². The van der Waals surface area contributed by atoms with Crippen LogP contribution < -0.4 is 25.5 Å². The van der Waals surface area contributed by atoms with Gasteiger partial charge in [0.1, 0.15) is 0 Å². The molecule has 1 aromatic heterocycles. The van der Waals surface area contributed by atoms with Crippen LogP contribution in [0.1, 0.15) is 141 Å². The molecule has 2 aliphatic carbocycles. The third kappa shape index (κ3) is 5.42. The molecule has 0 unspecified atom stereocenters. The summed E-state index contributed by atoms with van der Waals surface area (Å²) in [6.45, 7) is 31.5. The van der Waals surface area contributed by atoms with Gasteiger partial charge in [-0.05, 0) is 159 Å². The molecule has 6 aromatic rings. The maximum atomic E-state index is 2.69. The Hall–Kier alpha value is -4.28. The molecule has 0 N–H and O–H groups in total. The summed E-state index contributed by atoms with van der Waals surface area (Å²) in [4.78, 5) is 5.35. The van der Waals surface area contributed by atoms with Gasteiger partial charge in [0.2, 0.25) is 0 Å². The highest BCUT2D eigenvalue weighted by atomic mass is 32.1. The fourth-order valence-electron chi connectivity index (χ4n) is 11.2. The fraction of sp³-hybridized carbons (Fsp3) is 0.407. The van der Waals surface area contributed by atoms with Gasteiger partial charge in [0.25, 0.3) is 6.71 Å². The SMILES string of the molecule is Cc1cc2c3c(c1)N(c1ccc(C(C)(C)C)cc1C)c1c(sc4ccccc14)B3c1cc3c(cc1N2c1ccc2c(c1)C(C)(C)CCC2(C)C)C(C)(C)CCC3(C)C. The van der Waals surface area contributed by atoms with Crippen molar-refractivity contribution in [1.29, 1.82) is 0 Å². The smallest absolute Gasteiger partial charge is 0.264 e. The second-order valence-electron chi connectivity index (χ2n) is 22.1. The van der Waals surface area contributed by atoms with Crippen molar-refractivity contribution in [3.05, 3.63) is 124 Å². The highest BCUT2D eigenvalue weighted by Crippen LogP contribution is 2.54. The highest BCUT2D eigenvalue weighted by molar-refractivity contribution is 7.33. The number of nitrogens with zero attached hydrogens (tertiary/aromatic N) is 2. The van der Waals surface area contributed by atoms with Gasteiger partial charge in [0.15, 0.2) is 0 Å². The molecule has 0 amide bonds. The van der Waals surface area contributed by atoms with Crippen molar-refractivity contribution in [2.24, 2.45) is 0 Å². The molecule has 4 aliphatic rings. The Morgan fingerprint density at radius 1 is 0.569 bits per heavy atom. The first-order chi connectivity index (χ1) is 27.2. The Bertz CT molecular complexity index is 2720. The minimum Gasteiger partial charge on any atom is -0.311 e. The number of thiophene rings is 1. The Kier molecular flexibility index (Phi) is 7.96. The minimum absolute atomic E-state index is 0.0728. The Morgan fingerprint density at radius 3 is 1.79 bits per heavy atom. The monoisotopic (exact) mass is 780 g/mol. The van der Waals surface area contributed by atoms with E-state index in [0.29, 0.717) is 0 Å². The molecule has 0 spiro atoms. The standard InChI is InChI=1S/C54H61BN2S/c1-32-26-44-47-45(27-32)57(42-21-18-34(28-33(42)2)50(3,4)5)48-36-16-14-15-17-46(36)58-49(48)55(47)41-30-39-40(54(12,13)25-24-53(39,10)11)31-43(41)56(44)35-19-20-37-38(29-35)52(8,9)23-22-51(37,6)7/h14-21,26-31H,22-25H2,1-13H3. The molecule has 0 atom stereocenters. The summed E-state index contributed by atoms with van der Waals surface area (Å²) in [5, 5.41) is 1.35. The predicted molar refractivity (Wildman–Crippen MR) is 255 cm³/mol. The van der Waals surface area contributed by atoms with Gasteiger partial charge < -0.3 is 9.80 Å². The van der Waals surface area contributed by atoms with Crippen molar-refractivity contribution in [1.82, 2.24) is 0 Å². The van der Waals surface area contributed by atoms with Crippen molar-refractivity contribution in [2.45, 2.75) is 143 Å². The van der Waals surface area contributed by atoms with Crippen molar-refractivity contribution >= 4 is 78.0 Å². The van der Waals surface area contributed by atoms with E-state index < -0.39 is 0 Å². The third-order valence-corrected chi connectivity index (χ3v) is 16.3. The first-order valence-corrected chi connectivity index (χ1v) is 22.7. The summed E-state index contributed by atoms with van der Waals surface area (Å²) in [5.41, 5.74) is 21.4. The fourth-order valence-corrected chi connectivity index (χ4v) is 12.6. The quantitative estimate of drug-likeness (QED) is 0.161. The number of fused-ring (bicyclic) bond motifs is 8. The van der Waals surface area contributed by atoms with Crippen LogP contribution in [0.15, 0.2) is 84.9 Å². The van der Waals surface area contributed by atoms with Crippen molar-refractivity contribution < 1.29 is 0 Å². The van der Waals surface area contributed by atoms with E-state index in [0.717, 1.165) is 0 Å². The lowest BCUT2D eigenvalue weighted by Crippen LogP contribution is -2.61. The van der Waals surface area contributed by atoms with Crippen LogP contribution in [0.4, 0.5) is 34.1 Å². The van der Waals surface area contributed by atoms with E-state index in [2.05, 4.69) is 185 Å². The van der Waals surface area contributed by atoms with E-state index in [9.17, 15) is 0 Å². The van der Waals surface area contributed by atoms with Crippen LogP contribution >= 0.6 is 11.3 Å². The minimum atomic E-state index is 0.0728. The molecule has 58 heavy (non-hydrogen) atoms. The molecule has 296 valence electrons. The predicted octanol–water partition coefficient (Wildman–Crippen LogP) is 13.6. The Balaban J connectivity index is 1.33. The summed E-state index contributed by atoms with van der Waals surface area (Å²) in [6.07, 6.45) is 4.80. The lowest BCUT2D eigenvalue weighted by Gasteiger charge is -2.47. The van der Waals surface area contributed by atoms with Crippen LogP contribution in [0.5, 0.6) is 0 Å². The molecule has 0 fully saturated rings. The van der Waals surface area contributed by atoms with Crippen molar-refractivity contribution in [2.75, 3.05) is 9.80 Å². The van der Waals surface area contributed by atoms with Crippen LogP contribution in [0.25, 0.3) is 10.1 Å². The summed E-state index contributed by atoms with van der Waals surface area (Å²) < 4.78 is 2.82. The molecule has 0 saturated carbocycles. The van der Waals surface area contributed by atoms with E-state index in [1.165, 1.54) is 125 Å². The number of hydrogen-bond donors (Lipinski definition) is 0. The Labute approximate surface area is 352 Å². The van der Waals surface area contributed by atoms with Crippen LogP contribution in [0.3, 0.4) is 0 Å². The van der Waals surface area contributed by atoms with Gasteiger partial charge in [-0.3, -0.25) is 0 Å². The van der Waals surface area contributed by atoms with E-state index in [-0.39, 0.29) is 33.8 Å². The number of rotatable bonds is 2. The molecule has 0 saturated heterocycles. The second kappa shape index (κ2) is 12.2. The molecule has 10 rings (SSSR count). The van der Waals surface area contributed by atoms with Crippen LogP contribution in [-0.2, 0) is 27.1 Å². The molecule has 0 bridgehead atoms. The van der Waals surface area contributed by atoms with Crippen molar-refractivity contribution in [3.63, 3.8) is 0 Å². The summed E-state index contributed by atoms with van der Waals surface area (Å²) in [6, 6.07) is 34.2. The van der Waals surface area contributed by atoms with Gasteiger partial charge in [-0.2, -0.15) is 0 Å². The molecule has 5 aromatic carbocycles. The molecular formula is C54H61BN2S. The molecule has 0 radical (unpaired) electrons. The average molecular weight is 781 g/mol. The zero-order valence-electron chi connectivity index (χ0n) is 37.3. The maximum Gasteiger partial charge on any atom is 0.264 e. The van der Waals surface area contributed by atoms with Crippen molar-refractivity contribution in [3.8, 4) is 0 Å². The molecule has 2 nitrogen and oxygen atoms in total. The zero-order chi connectivity index (χ0) is 41.1. The lowest BCUT2D eigenvalue weighted by molar-refractivity contribution is 0.332. The third-order valence-electron chi connectivity index (χ3n) is 15.1. The normalized spacial score (nSPS) is 19.3. The van der Waals surface area contributed by atoms with Crippen LogP contribution in [0.2, 0.25) is 0 Å². The molecule has 4 heteroatoms. The molecule has 2 aliphatic heterocycles. The van der Waals surface area contributed by atoms with Gasteiger partial charge in [0, 0.05) is 43.3 Å². The molecule has 3 heterocycles. The van der Waals surface area contributed by atoms with Crippen LogP contribution in [-0.4, -0.2) is 6.71 Å². The largest absolute Gasteiger partial charge is 0.311 e. The van der Waals surface area contributed by atoms with E-state index in [4.69, 9.17) is 0 Å². The van der Waals surface area contributed by atoms with Gasteiger partial charge in [-0.25, -0.2) is 0 Å².